The zero-order valence-corrected chi connectivity index (χ0v) is 17.4. The first-order valence-electron chi connectivity index (χ1n) is 10.8. The van der Waals surface area contributed by atoms with Crippen LogP contribution in [0.4, 0.5) is 5.82 Å². The van der Waals surface area contributed by atoms with Gasteiger partial charge in [-0.05, 0) is 41.7 Å². The standard InChI is InChI=1S/C27H25N3O/c31-24-13-7-12-23-26(24)22(16-19-8-3-1-4-9-19)27(30-23)21-14-15-28-25(17-21)29-18-20-10-5-2-6-11-20/h1-6,8-11,14-15,17,30H,7,12-13,16,18H2,(H,28,29). The number of aromatic nitrogens is 2. The molecule has 154 valence electrons. The Morgan fingerprint density at radius 3 is 2.42 bits per heavy atom. The summed E-state index contributed by atoms with van der Waals surface area (Å²) in [6, 6.07) is 24.7. The summed E-state index contributed by atoms with van der Waals surface area (Å²) in [5.41, 5.74) is 7.59. The summed E-state index contributed by atoms with van der Waals surface area (Å²) >= 11 is 0. The normalized spacial score (nSPS) is 13.1. The van der Waals surface area contributed by atoms with Crippen LogP contribution in [0.1, 0.15) is 45.6 Å². The van der Waals surface area contributed by atoms with Crippen LogP contribution in [0.5, 0.6) is 0 Å². The largest absolute Gasteiger partial charge is 0.366 e. The molecule has 4 heteroatoms. The van der Waals surface area contributed by atoms with Crippen LogP contribution in [0.3, 0.4) is 0 Å². The zero-order valence-electron chi connectivity index (χ0n) is 17.4. The van der Waals surface area contributed by atoms with E-state index in [4.69, 9.17) is 0 Å². The van der Waals surface area contributed by atoms with E-state index in [1.165, 1.54) is 11.1 Å². The second-order valence-corrected chi connectivity index (χ2v) is 8.04. The van der Waals surface area contributed by atoms with Crippen molar-refractivity contribution in [3.8, 4) is 11.3 Å². The second-order valence-electron chi connectivity index (χ2n) is 8.04. The summed E-state index contributed by atoms with van der Waals surface area (Å²) in [7, 11) is 0. The van der Waals surface area contributed by atoms with E-state index in [0.29, 0.717) is 13.0 Å². The number of fused-ring (bicyclic) bond motifs is 1. The third-order valence-corrected chi connectivity index (χ3v) is 5.88. The van der Waals surface area contributed by atoms with Gasteiger partial charge in [0.05, 0.1) is 5.69 Å². The van der Waals surface area contributed by atoms with Crippen molar-refractivity contribution in [1.29, 1.82) is 0 Å². The molecule has 0 aliphatic heterocycles. The smallest absolute Gasteiger partial charge is 0.165 e. The molecule has 0 radical (unpaired) electrons. The Morgan fingerprint density at radius 1 is 0.903 bits per heavy atom. The number of nitrogens with zero attached hydrogens (tertiary/aromatic N) is 1. The zero-order chi connectivity index (χ0) is 21.0. The summed E-state index contributed by atoms with van der Waals surface area (Å²) in [5.74, 6) is 1.08. The molecule has 0 amide bonds. The van der Waals surface area contributed by atoms with Crippen molar-refractivity contribution in [2.45, 2.75) is 32.2 Å². The van der Waals surface area contributed by atoms with E-state index < -0.39 is 0 Å². The van der Waals surface area contributed by atoms with Crippen LogP contribution in [0.25, 0.3) is 11.3 Å². The maximum Gasteiger partial charge on any atom is 0.165 e. The van der Waals surface area contributed by atoms with Gasteiger partial charge in [-0.25, -0.2) is 4.98 Å². The Hall–Kier alpha value is -3.66. The number of pyridine rings is 1. The van der Waals surface area contributed by atoms with Gasteiger partial charge in [-0.3, -0.25) is 4.79 Å². The predicted molar refractivity (Wildman–Crippen MR) is 124 cm³/mol. The van der Waals surface area contributed by atoms with Crippen molar-refractivity contribution < 1.29 is 4.79 Å². The van der Waals surface area contributed by atoms with Crippen molar-refractivity contribution in [3.63, 3.8) is 0 Å². The second kappa shape index (κ2) is 8.60. The Balaban J connectivity index is 1.50. The molecule has 0 saturated heterocycles. The van der Waals surface area contributed by atoms with Crippen LogP contribution < -0.4 is 5.32 Å². The fourth-order valence-electron chi connectivity index (χ4n) is 4.37. The number of aryl methyl sites for hydroxylation is 1. The molecule has 4 aromatic rings. The molecule has 2 N–H and O–H groups in total. The van der Waals surface area contributed by atoms with Crippen molar-refractivity contribution in [2.75, 3.05) is 5.32 Å². The van der Waals surface area contributed by atoms with Gasteiger partial charge in [0, 0.05) is 42.4 Å². The number of carbonyl (C=O) groups excluding carboxylic acids is 1. The molecule has 0 atom stereocenters. The average molecular weight is 408 g/mol. The predicted octanol–water partition coefficient (Wildman–Crippen LogP) is 5.80. The van der Waals surface area contributed by atoms with Gasteiger partial charge in [0.2, 0.25) is 0 Å². The molecule has 2 aromatic heterocycles. The first-order chi connectivity index (χ1) is 15.3. The lowest BCUT2D eigenvalue weighted by atomic mass is 9.90. The Bertz CT molecular complexity index is 1200. The fourth-order valence-corrected chi connectivity index (χ4v) is 4.37. The van der Waals surface area contributed by atoms with Crippen molar-refractivity contribution in [2.24, 2.45) is 0 Å². The van der Waals surface area contributed by atoms with Gasteiger partial charge in [-0.15, -0.1) is 0 Å². The number of nitrogens with one attached hydrogen (secondary N) is 2. The van der Waals surface area contributed by atoms with Gasteiger partial charge in [-0.2, -0.15) is 0 Å². The SMILES string of the molecule is O=C1CCCc2[nH]c(-c3ccnc(NCc4ccccc4)c3)c(Cc3ccccc3)c21. The average Bonchev–Trinajstić information content (AvgIpc) is 3.19. The minimum absolute atomic E-state index is 0.256. The summed E-state index contributed by atoms with van der Waals surface area (Å²) < 4.78 is 0. The number of hydrogen-bond donors (Lipinski definition) is 2. The number of hydrogen-bond acceptors (Lipinski definition) is 3. The van der Waals surface area contributed by atoms with Crippen molar-refractivity contribution in [3.05, 3.63) is 107 Å². The van der Waals surface area contributed by atoms with E-state index in [2.05, 4.69) is 45.6 Å². The van der Waals surface area contributed by atoms with Crippen molar-refractivity contribution >= 4 is 11.6 Å². The Kier molecular flexibility index (Phi) is 5.36. The van der Waals surface area contributed by atoms with Crippen molar-refractivity contribution in [1.82, 2.24) is 9.97 Å². The highest BCUT2D eigenvalue weighted by Crippen LogP contribution is 2.35. The fraction of sp³-hybridized carbons (Fsp3) is 0.185. The molecular formula is C27H25N3O. The molecule has 0 bridgehead atoms. The first kappa shape index (κ1) is 19.3. The molecule has 5 rings (SSSR count). The lowest BCUT2D eigenvalue weighted by Crippen LogP contribution is -2.11. The van der Waals surface area contributed by atoms with Crippen LogP contribution in [0.2, 0.25) is 0 Å². The molecule has 2 aromatic carbocycles. The minimum Gasteiger partial charge on any atom is -0.366 e. The quantitative estimate of drug-likeness (QED) is 0.425. The molecule has 0 fully saturated rings. The maximum atomic E-state index is 12.8. The molecular weight excluding hydrogens is 382 g/mol. The molecule has 4 nitrogen and oxygen atoms in total. The lowest BCUT2D eigenvalue weighted by Gasteiger charge is -2.12. The van der Waals surface area contributed by atoms with Gasteiger partial charge in [0.15, 0.2) is 5.78 Å². The summed E-state index contributed by atoms with van der Waals surface area (Å²) in [5, 5.41) is 3.42. The topological polar surface area (TPSA) is 57.8 Å². The minimum atomic E-state index is 0.256. The molecule has 1 aliphatic carbocycles. The number of aromatic amines is 1. The number of Topliss-reactive ketones (excluding diaryl/α,β-unsaturated/α-hetero) is 1. The monoisotopic (exact) mass is 407 g/mol. The van der Waals surface area contributed by atoms with Gasteiger partial charge in [0.1, 0.15) is 5.82 Å². The van der Waals surface area contributed by atoms with E-state index >= 15 is 0 Å². The van der Waals surface area contributed by atoms with Gasteiger partial charge >= 0.3 is 0 Å². The number of rotatable bonds is 6. The van der Waals surface area contributed by atoms with Crippen LogP contribution in [-0.2, 0) is 19.4 Å². The molecule has 31 heavy (non-hydrogen) atoms. The number of ketones is 1. The Labute approximate surface area is 182 Å². The van der Waals surface area contributed by atoms with E-state index in [9.17, 15) is 4.79 Å². The lowest BCUT2D eigenvalue weighted by molar-refractivity contribution is 0.0971. The van der Waals surface area contributed by atoms with E-state index in [0.717, 1.165) is 53.2 Å². The molecule has 1 aliphatic rings. The highest BCUT2D eigenvalue weighted by atomic mass is 16.1. The van der Waals surface area contributed by atoms with E-state index in [-0.39, 0.29) is 5.78 Å². The summed E-state index contributed by atoms with van der Waals surface area (Å²) in [4.78, 5) is 20.9. The van der Waals surface area contributed by atoms with Gasteiger partial charge in [0.25, 0.3) is 0 Å². The van der Waals surface area contributed by atoms with Gasteiger partial charge in [-0.1, -0.05) is 60.7 Å². The van der Waals surface area contributed by atoms with Crippen LogP contribution in [0, 0.1) is 0 Å². The van der Waals surface area contributed by atoms with Crippen LogP contribution in [-0.4, -0.2) is 15.8 Å². The van der Waals surface area contributed by atoms with Gasteiger partial charge < -0.3 is 10.3 Å². The van der Waals surface area contributed by atoms with E-state index in [1.807, 2.05) is 48.7 Å². The van der Waals surface area contributed by atoms with Crippen LogP contribution >= 0.6 is 0 Å². The summed E-state index contributed by atoms with van der Waals surface area (Å²) in [6.07, 6.45) is 5.04. The van der Waals surface area contributed by atoms with E-state index in [1.54, 1.807) is 0 Å². The first-order valence-corrected chi connectivity index (χ1v) is 10.8. The third-order valence-electron chi connectivity index (χ3n) is 5.88. The molecule has 0 spiro atoms. The highest BCUT2D eigenvalue weighted by molar-refractivity contribution is 6.01. The number of carbonyl (C=O) groups is 1. The summed E-state index contributed by atoms with van der Waals surface area (Å²) in [6.45, 7) is 0.716. The molecule has 2 heterocycles. The van der Waals surface area contributed by atoms with Crippen LogP contribution in [0.15, 0.2) is 79.0 Å². The Morgan fingerprint density at radius 2 is 1.65 bits per heavy atom. The maximum absolute atomic E-state index is 12.8. The number of H-pyrrole nitrogens is 1. The highest BCUT2D eigenvalue weighted by Gasteiger charge is 2.26. The molecule has 0 saturated carbocycles. The molecule has 0 unspecified atom stereocenters. The third kappa shape index (κ3) is 4.15. The number of benzene rings is 2. The number of anilines is 1.